The van der Waals surface area contributed by atoms with Crippen LogP contribution >= 0.6 is 0 Å². The molecule has 0 spiro atoms. The summed E-state index contributed by atoms with van der Waals surface area (Å²) in [5.41, 5.74) is 13.7. The molecule has 1 aromatic heterocycles. The largest absolute Gasteiger partial charge is 0.494 e. The number of methoxy groups -OCH3 is 2. The topological polar surface area (TPSA) is 99.2 Å². The zero-order valence-corrected chi connectivity index (χ0v) is 9.65. The summed E-state index contributed by atoms with van der Waals surface area (Å²) in [5.74, 6) is 1.57. The molecular formula is C11H14N4O2. The molecule has 0 aliphatic rings. The molecule has 0 unspecified atom stereocenters. The second-order valence-electron chi connectivity index (χ2n) is 3.49. The van der Waals surface area contributed by atoms with Crippen molar-refractivity contribution in [1.29, 1.82) is 0 Å². The van der Waals surface area contributed by atoms with Crippen molar-refractivity contribution >= 4 is 11.5 Å². The Hall–Kier alpha value is -2.37. The van der Waals surface area contributed by atoms with Crippen LogP contribution in [0.25, 0.3) is 11.1 Å². The van der Waals surface area contributed by atoms with E-state index in [0.717, 1.165) is 11.1 Å². The zero-order chi connectivity index (χ0) is 12.4. The SMILES string of the molecule is COc1cc(-c2cn[nH]c2N)cc(OC)c1N. The zero-order valence-electron chi connectivity index (χ0n) is 9.65. The molecule has 6 heteroatoms. The minimum absolute atomic E-state index is 0.459. The van der Waals surface area contributed by atoms with E-state index in [9.17, 15) is 0 Å². The van der Waals surface area contributed by atoms with Crippen LogP contribution in [0.3, 0.4) is 0 Å². The first-order valence-corrected chi connectivity index (χ1v) is 4.98. The van der Waals surface area contributed by atoms with Crippen molar-refractivity contribution in [1.82, 2.24) is 10.2 Å². The third-order valence-electron chi connectivity index (χ3n) is 2.52. The first kappa shape index (κ1) is 11.1. The van der Waals surface area contributed by atoms with Crippen LogP contribution in [-0.4, -0.2) is 24.4 Å². The van der Waals surface area contributed by atoms with Crippen molar-refractivity contribution in [2.75, 3.05) is 25.7 Å². The molecule has 2 rings (SSSR count). The maximum Gasteiger partial charge on any atom is 0.146 e. The number of hydrogen-bond acceptors (Lipinski definition) is 5. The van der Waals surface area contributed by atoms with E-state index in [1.165, 1.54) is 0 Å². The van der Waals surface area contributed by atoms with Crippen LogP contribution in [0.2, 0.25) is 0 Å². The van der Waals surface area contributed by atoms with Crippen LogP contribution in [0.1, 0.15) is 0 Å². The Morgan fingerprint density at radius 3 is 2.12 bits per heavy atom. The number of nitrogens with one attached hydrogen (secondary N) is 1. The summed E-state index contributed by atoms with van der Waals surface area (Å²) in [5, 5.41) is 6.54. The minimum Gasteiger partial charge on any atom is -0.494 e. The van der Waals surface area contributed by atoms with Gasteiger partial charge in [-0.2, -0.15) is 5.10 Å². The van der Waals surface area contributed by atoms with Gasteiger partial charge in [0.05, 0.1) is 20.4 Å². The van der Waals surface area contributed by atoms with E-state index >= 15 is 0 Å². The lowest BCUT2D eigenvalue weighted by Crippen LogP contribution is -1.97. The van der Waals surface area contributed by atoms with Crippen molar-refractivity contribution < 1.29 is 9.47 Å². The molecule has 0 aliphatic carbocycles. The monoisotopic (exact) mass is 234 g/mol. The molecular weight excluding hydrogens is 220 g/mol. The molecule has 6 nitrogen and oxygen atoms in total. The van der Waals surface area contributed by atoms with Gasteiger partial charge in [0.2, 0.25) is 0 Å². The number of H-pyrrole nitrogens is 1. The third kappa shape index (κ3) is 1.84. The smallest absolute Gasteiger partial charge is 0.146 e. The van der Waals surface area contributed by atoms with Gasteiger partial charge in [-0.1, -0.05) is 0 Å². The molecule has 0 amide bonds. The number of nitrogens with zero attached hydrogens (tertiary/aromatic N) is 1. The fraction of sp³-hybridized carbons (Fsp3) is 0.182. The number of benzene rings is 1. The van der Waals surface area contributed by atoms with Gasteiger partial charge in [-0.25, -0.2) is 0 Å². The molecule has 0 saturated heterocycles. The lowest BCUT2D eigenvalue weighted by Gasteiger charge is -2.11. The molecule has 0 fully saturated rings. The quantitative estimate of drug-likeness (QED) is 0.694. The molecule has 1 aromatic carbocycles. The van der Waals surface area contributed by atoms with Crippen LogP contribution in [0, 0.1) is 0 Å². The fourth-order valence-electron chi connectivity index (χ4n) is 1.62. The average Bonchev–Trinajstić information content (AvgIpc) is 2.76. The molecule has 0 atom stereocenters. The number of hydrogen-bond donors (Lipinski definition) is 3. The van der Waals surface area contributed by atoms with Gasteiger partial charge >= 0.3 is 0 Å². The van der Waals surface area contributed by atoms with E-state index in [-0.39, 0.29) is 0 Å². The summed E-state index contributed by atoms with van der Waals surface area (Å²) in [6.45, 7) is 0. The van der Waals surface area contributed by atoms with Crippen LogP contribution in [0.5, 0.6) is 11.5 Å². The van der Waals surface area contributed by atoms with E-state index in [1.54, 1.807) is 32.5 Å². The third-order valence-corrected chi connectivity index (χ3v) is 2.52. The lowest BCUT2D eigenvalue weighted by molar-refractivity contribution is 0.399. The summed E-state index contributed by atoms with van der Waals surface area (Å²) in [4.78, 5) is 0. The molecule has 0 radical (unpaired) electrons. The summed E-state index contributed by atoms with van der Waals surface area (Å²) < 4.78 is 10.4. The highest BCUT2D eigenvalue weighted by Gasteiger charge is 2.12. The molecule has 90 valence electrons. The van der Waals surface area contributed by atoms with Crippen molar-refractivity contribution in [3.8, 4) is 22.6 Å². The van der Waals surface area contributed by atoms with Crippen molar-refractivity contribution in [3.05, 3.63) is 18.3 Å². The van der Waals surface area contributed by atoms with E-state index in [2.05, 4.69) is 10.2 Å². The molecule has 0 saturated carbocycles. The standard InChI is InChI=1S/C11H14N4O2/c1-16-8-3-6(4-9(17-2)10(8)12)7-5-14-15-11(7)13/h3-5H,12H2,1-2H3,(H3,13,14,15). The first-order chi connectivity index (χ1) is 8.17. The van der Waals surface area contributed by atoms with E-state index in [0.29, 0.717) is 23.0 Å². The van der Waals surface area contributed by atoms with Gasteiger partial charge in [0.15, 0.2) is 0 Å². The van der Waals surface area contributed by atoms with E-state index in [4.69, 9.17) is 20.9 Å². The number of rotatable bonds is 3. The van der Waals surface area contributed by atoms with E-state index in [1.807, 2.05) is 0 Å². The summed E-state index contributed by atoms with van der Waals surface area (Å²) >= 11 is 0. The van der Waals surface area contributed by atoms with Crippen molar-refractivity contribution in [2.24, 2.45) is 0 Å². The Labute approximate surface area is 98.5 Å². The number of aromatic amines is 1. The maximum absolute atomic E-state index is 5.86. The summed E-state index contributed by atoms with van der Waals surface area (Å²) in [7, 11) is 3.10. The number of nitrogen functional groups attached to an aromatic ring is 2. The van der Waals surface area contributed by atoms with Gasteiger partial charge in [0.1, 0.15) is 23.0 Å². The highest BCUT2D eigenvalue weighted by Crippen LogP contribution is 2.38. The van der Waals surface area contributed by atoms with Crippen molar-refractivity contribution in [2.45, 2.75) is 0 Å². The average molecular weight is 234 g/mol. The highest BCUT2D eigenvalue weighted by molar-refractivity contribution is 5.79. The first-order valence-electron chi connectivity index (χ1n) is 4.98. The van der Waals surface area contributed by atoms with E-state index < -0.39 is 0 Å². The Morgan fingerprint density at radius 1 is 1.12 bits per heavy atom. The van der Waals surface area contributed by atoms with Gasteiger partial charge < -0.3 is 20.9 Å². The Kier molecular flexibility index (Phi) is 2.78. The molecule has 0 aliphatic heterocycles. The normalized spacial score (nSPS) is 10.2. The predicted octanol–water partition coefficient (Wildman–Crippen LogP) is 1.26. The molecule has 17 heavy (non-hydrogen) atoms. The van der Waals surface area contributed by atoms with Gasteiger partial charge in [0, 0.05) is 5.56 Å². The van der Waals surface area contributed by atoms with Gasteiger partial charge in [-0.3, -0.25) is 5.10 Å². The molecule has 0 bridgehead atoms. The minimum atomic E-state index is 0.459. The van der Waals surface area contributed by atoms with Crippen LogP contribution in [0.4, 0.5) is 11.5 Å². The molecule has 2 aromatic rings. The summed E-state index contributed by atoms with van der Waals surface area (Å²) in [6, 6.07) is 3.58. The van der Waals surface area contributed by atoms with Crippen molar-refractivity contribution in [3.63, 3.8) is 0 Å². The number of ether oxygens (including phenoxy) is 2. The Bertz CT molecular complexity index is 511. The fourth-order valence-corrected chi connectivity index (χ4v) is 1.62. The van der Waals surface area contributed by atoms with Gasteiger partial charge in [-0.05, 0) is 17.7 Å². The predicted molar refractivity (Wildman–Crippen MR) is 66.0 cm³/mol. The maximum atomic E-state index is 5.86. The van der Waals surface area contributed by atoms with Gasteiger partial charge in [0.25, 0.3) is 0 Å². The van der Waals surface area contributed by atoms with Crippen LogP contribution < -0.4 is 20.9 Å². The Balaban J connectivity index is 2.60. The number of anilines is 2. The van der Waals surface area contributed by atoms with Gasteiger partial charge in [-0.15, -0.1) is 0 Å². The highest BCUT2D eigenvalue weighted by atomic mass is 16.5. The number of nitrogens with two attached hydrogens (primary N) is 2. The van der Waals surface area contributed by atoms with Crippen LogP contribution in [0.15, 0.2) is 18.3 Å². The second-order valence-corrected chi connectivity index (χ2v) is 3.49. The Morgan fingerprint density at radius 2 is 1.71 bits per heavy atom. The summed E-state index contributed by atoms with van der Waals surface area (Å²) in [6.07, 6.45) is 1.64. The molecule has 1 heterocycles. The van der Waals surface area contributed by atoms with Crippen LogP contribution in [-0.2, 0) is 0 Å². The molecule has 5 N–H and O–H groups in total. The number of aromatic nitrogens is 2. The lowest BCUT2D eigenvalue weighted by atomic mass is 10.1. The second kappa shape index (κ2) is 4.25.